The second kappa shape index (κ2) is 9.59. The summed E-state index contributed by atoms with van der Waals surface area (Å²) in [6.45, 7) is 3.49. The van der Waals surface area contributed by atoms with Gasteiger partial charge in [0, 0.05) is 32.7 Å². The summed E-state index contributed by atoms with van der Waals surface area (Å²) in [6, 6.07) is 7.31. The van der Waals surface area contributed by atoms with Crippen LogP contribution in [-0.2, 0) is 14.1 Å². The highest BCUT2D eigenvalue weighted by molar-refractivity contribution is 5.71. The van der Waals surface area contributed by atoms with Crippen LogP contribution in [0.15, 0.2) is 33.9 Å². The molecule has 0 amide bonds. The third kappa shape index (κ3) is 4.89. The van der Waals surface area contributed by atoms with Crippen LogP contribution < -0.4 is 21.3 Å². The molecule has 3 aromatic rings. The van der Waals surface area contributed by atoms with E-state index in [0.29, 0.717) is 18.0 Å². The zero-order valence-electron chi connectivity index (χ0n) is 17.8. The Morgan fingerprint density at radius 1 is 1.03 bits per heavy atom. The van der Waals surface area contributed by atoms with E-state index in [1.54, 1.807) is 0 Å². The first-order valence-corrected chi connectivity index (χ1v) is 9.77. The minimum atomic E-state index is -0.497. The van der Waals surface area contributed by atoms with Gasteiger partial charge in [-0.05, 0) is 51.3 Å². The van der Waals surface area contributed by atoms with Gasteiger partial charge in [0.25, 0.3) is 5.56 Å². The van der Waals surface area contributed by atoms with Gasteiger partial charge < -0.3 is 15.0 Å². The Balaban J connectivity index is 1.64. The number of nitrogens with one attached hydrogen (secondary N) is 1. The van der Waals surface area contributed by atoms with Crippen LogP contribution in [-0.4, -0.2) is 69.6 Å². The highest BCUT2D eigenvalue weighted by Crippen LogP contribution is 2.19. The van der Waals surface area contributed by atoms with Crippen molar-refractivity contribution in [2.24, 2.45) is 14.1 Å². The van der Waals surface area contributed by atoms with Crippen LogP contribution in [0.2, 0.25) is 0 Å². The number of benzene rings is 1. The molecule has 10 heteroatoms. The minimum absolute atomic E-state index is 0.103. The van der Waals surface area contributed by atoms with E-state index in [0.717, 1.165) is 36.4 Å². The van der Waals surface area contributed by atoms with Gasteiger partial charge in [0.05, 0.1) is 6.61 Å². The summed E-state index contributed by atoms with van der Waals surface area (Å²) in [7, 11) is 7.05. The molecule has 160 valence electrons. The molecule has 10 nitrogen and oxygen atoms in total. The largest absolute Gasteiger partial charge is 0.494 e. The van der Waals surface area contributed by atoms with Crippen molar-refractivity contribution in [3.05, 3.63) is 45.1 Å². The quantitative estimate of drug-likeness (QED) is 0.489. The maximum Gasteiger partial charge on any atom is 0.332 e. The first-order valence-electron chi connectivity index (χ1n) is 9.77. The molecule has 0 aliphatic heterocycles. The summed E-state index contributed by atoms with van der Waals surface area (Å²) in [4.78, 5) is 30.8. The smallest absolute Gasteiger partial charge is 0.332 e. The Morgan fingerprint density at radius 3 is 2.47 bits per heavy atom. The van der Waals surface area contributed by atoms with Gasteiger partial charge in [0.2, 0.25) is 0 Å². The zero-order chi connectivity index (χ0) is 21.7. The van der Waals surface area contributed by atoms with Gasteiger partial charge in [-0.2, -0.15) is 0 Å². The zero-order valence-corrected chi connectivity index (χ0v) is 17.8. The molecule has 0 fully saturated rings. The number of likely N-dealkylation sites (N-methyl/N-ethyl adjacent to an activating group) is 1. The average molecular weight is 413 g/mol. The molecule has 1 N–H and O–H groups in total. The van der Waals surface area contributed by atoms with Crippen molar-refractivity contribution >= 4 is 11.2 Å². The second-order valence-electron chi connectivity index (χ2n) is 7.29. The van der Waals surface area contributed by atoms with Gasteiger partial charge in [0.1, 0.15) is 5.75 Å². The van der Waals surface area contributed by atoms with Crippen LogP contribution >= 0.6 is 0 Å². The fourth-order valence-corrected chi connectivity index (χ4v) is 2.89. The molecule has 0 aliphatic rings. The van der Waals surface area contributed by atoms with Gasteiger partial charge in [-0.25, -0.2) is 9.78 Å². The van der Waals surface area contributed by atoms with Gasteiger partial charge in [-0.3, -0.25) is 13.9 Å². The van der Waals surface area contributed by atoms with Crippen LogP contribution in [0.4, 0.5) is 0 Å². The van der Waals surface area contributed by atoms with E-state index in [2.05, 4.69) is 39.5 Å². The van der Waals surface area contributed by atoms with Gasteiger partial charge in [-0.1, -0.05) is 0 Å². The van der Waals surface area contributed by atoms with Gasteiger partial charge in [0.15, 0.2) is 17.0 Å². The van der Waals surface area contributed by atoms with Crippen molar-refractivity contribution < 1.29 is 4.74 Å². The van der Waals surface area contributed by atoms with E-state index in [1.165, 1.54) is 18.7 Å². The Hall–Kier alpha value is -3.11. The average Bonchev–Trinajstić information content (AvgIpc) is 2.75. The maximum absolute atomic E-state index is 12.4. The summed E-state index contributed by atoms with van der Waals surface area (Å²) in [5.41, 5.74) is 0.00448. The number of hydrogen-bond donors (Lipinski definition) is 1. The lowest BCUT2D eigenvalue weighted by molar-refractivity contribution is 0.306. The first kappa shape index (κ1) is 21.6. The molecule has 0 atom stereocenters. The SMILES string of the molecule is CN(C)CCNCCCOc1ccc(-c2nnc3c(n2)c(=O)n(C)c(=O)n3C)cc1. The van der Waals surface area contributed by atoms with Gasteiger partial charge in [-0.15, -0.1) is 10.2 Å². The molecule has 2 aromatic heterocycles. The van der Waals surface area contributed by atoms with Crippen LogP contribution in [0.3, 0.4) is 0 Å². The van der Waals surface area contributed by atoms with Gasteiger partial charge >= 0.3 is 5.69 Å². The molecule has 0 aliphatic carbocycles. The van der Waals surface area contributed by atoms with Crippen LogP contribution in [0.25, 0.3) is 22.6 Å². The van der Waals surface area contributed by atoms with E-state index in [1.807, 2.05) is 24.3 Å². The van der Waals surface area contributed by atoms with E-state index >= 15 is 0 Å². The molecule has 0 saturated carbocycles. The Bertz CT molecular complexity index is 1120. The maximum atomic E-state index is 12.4. The molecule has 0 spiro atoms. The van der Waals surface area contributed by atoms with Crippen molar-refractivity contribution in [2.75, 3.05) is 40.3 Å². The summed E-state index contributed by atoms with van der Waals surface area (Å²) in [5, 5.41) is 11.5. The number of hydrogen-bond acceptors (Lipinski definition) is 8. The molecule has 2 heterocycles. The highest BCUT2D eigenvalue weighted by Gasteiger charge is 2.13. The molecule has 30 heavy (non-hydrogen) atoms. The number of rotatable bonds is 9. The fourth-order valence-electron chi connectivity index (χ4n) is 2.89. The lowest BCUT2D eigenvalue weighted by Crippen LogP contribution is -2.38. The van der Waals surface area contributed by atoms with E-state index in [-0.39, 0.29) is 11.2 Å². The van der Waals surface area contributed by atoms with Crippen molar-refractivity contribution in [1.82, 2.24) is 34.5 Å². The highest BCUT2D eigenvalue weighted by atomic mass is 16.5. The lowest BCUT2D eigenvalue weighted by Gasteiger charge is -2.11. The standard InChI is InChI=1S/C20H27N7O3/c1-25(2)12-11-21-10-5-13-30-15-8-6-14(7-9-15)17-22-16-18(24-23-17)26(3)20(29)27(4)19(16)28/h6-9,21H,5,10-13H2,1-4H3. The number of ether oxygens (including phenoxy) is 1. The third-order valence-corrected chi connectivity index (χ3v) is 4.68. The Labute approximate surface area is 174 Å². The second-order valence-corrected chi connectivity index (χ2v) is 7.29. The van der Waals surface area contributed by atoms with Crippen LogP contribution in [0.1, 0.15) is 6.42 Å². The molecular weight excluding hydrogens is 386 g/mol. The summed E-state index contributed by atoms with van der Waals surface area (Å²) >= 11 is 0. The lowest BCUT2D eigenvalue weighted by atomic mass is 10.2. The number of aromatic nitrogens is 5. The number of aryl methyl sites for hydroxylation is 1. The van der Waals surface area contributed by atoms with Crippen molar-refractivity contribution in [3.63, 3.8) is 0 Å². The molecule has 3 rings (SSSR count). The predicted octanol–water partition coefficient (Wildman–Crippen LogP) is 0.00930. The van der Waals surface area contributed by atoms with Crippen molar-refractivity contribution in [2.45, 2.75) is 6.42 Å². The number of fused-ring (bicyclic) bond motifs is 1. The van der Waals surface area contributed by atoms with Crippen molar-refractivity contribution in [1.29, 1.82) is 0 Å². The molecule has 0 unspecified atom stereocenters. The number of nitrogens with zero attached hydrogens (tertiary/aromatic N) is 6. The monoisotopic (exact) mass is 413 g/mol. The third-order valence-electron chi connectivity index (χ3n) is 4.68. The first-order chi connectivity index (χ1) is 14.4. The van der Waals surface area contributed by atoms with E-state index < -0.39 is 11.2 Å². The Kier molecular flexibility index (Phi) is 6.91. The van der Waals surface area contributed by atoms with E-state index in [9.17, 15) is 9.59 Å². The Morgan fingerprint density at radius 2 is 1.77 bits per heavy atom. The molecule has 0 radical (unpaired) electrons. The van der Waals surface area contributed by atoms with Crippen LogP contribution in [0.5, 0.6) is 5.75 Å². The topological polar surface area (TPSA) is 107 Å². The molecule has 1 aromatic carbocycles. The van der Waals surface area contributed by atoms with Crippen LogP contribution in [0, 0.1) is 0 Å². The molecule has 0 saturated heterocycles. The van der Waals surface area contributed by atoms with Crippen molar-refractivity contribution in [3.8, 4) is 17.1 Å². The summed E-state index contributed by atoms with van der Waals surface area (Å²) in [6.07, 6.45) is 0.912. The molecule has 0 bridgehead atoms. The normalized spacial score (nSPS) is 11.4. The fraction of sp³-hybridized carbons (Fsp3) is 0.450. The summed E-state index contributed by atoms with van der Waals surface area (Å²) < 4.78 is 8.02. The van der Waals surface area contributed by atoms with E-state index in [4.69, 9.17) is 4.74 Å². The molecular formula is C20H27N7O3. The predicted molar refractivity (Wildman–Crippen MR) is 115 cm³/mol. The summed E-state index contributed by atoms with van der Waals surface area (Å²) in [5.74, 6) is 1.06. The minimum Gasteiger partial charge on any atom is -0.494 e.